The van der Waals surface area contributed by atoms with Crippen LogP contribution in [0, 0.1) is 5.82 Å². The van der Waals surface area contributed by atoms with Crippen LogP contribution in [-0.2, 0) is 5.54 Å². The number of aromatic hydroxyl groups is 2. The number of rotatable bonds is 1. The molecule has 0 unspecified atom stereocenters. The maximum atomic E-state index is 12.9. The maximum absolute atomic E-state index is 12.9. The van der Waals surface area contributed by atoms with E-state index in [-0.39, 0.29) is 5.75 Å². The molecule has 1 aromatic rings. The predicted octanol–water partition coefficient (Wildman–Crippen LogP) is 1.96. The normalized spacial score (nSPS) is 19.3. The monoisotopic (exact) mass is 211 g/mol. The lowest BCUT2D eigenvalue weighted by atomic mass is 9.88. The number of phenolic OH excluding ortho intramolecular Hbond substituents is 2. The zero-order chi connectivity index (χ0) is 11.1. The maximum Gasteiger partial charge on any atom is 0.168 e. The van der Waals surface area contributed by atoms with Gasteiger partial charge in [-0.05, 0) is 18.9 Å². The summed E-state index contributed by atoms with van der Waals surface area (Å²) in [6, 6.07) is 2.15. The number of benzene rings is 1. The fraction of sp³-hybridized carbons (Fsp3) is 0.455. The molecule has 0 saturated heterocycles. The lowest BCUT2D eigenvalue weighted by Gasteiger charge is -2.25. The quantitative estimate of drug-likeness (QED) is 0.622. The molecule has 1 aliphatic rings. The van der Waals surface area contributed by atoms with E-state index in [1.165, 1.54) is 6.07 Å². The third kappa shape index (κ3) is 1.65. The van der Waals surface area contributed by atoms with E-state index >= 15 is 0 Å². The fourth-order valence-electron chi connectivity index (χ4n) is 2.23. The van der Waals surface area contributed by atoms with Gasteiger partial charge < -0.3 is 15.9 Å². The largest absolute Gasteiger partial charge is 0.507 e. The van der Waals surface area contributed by atoms with Crippen LogP contribution in [0.3, 0.4) is 0 Å². The van der Waals surface area contributed by atoms with Crippen molar-refractivity contribution in [1.82, 2.24) is 0 Å². The Kier molecular flexibility index (Phi) is 2.31. The van der Waals surface area contributed by atoms with Crippen molar-refractivity contribution < 1.29 is 14.6 Å². The van der Waals surface area contributed by atoms with Gasteiger partial charge in [0, 0.05) is 17.2 Å². The van der Waals surface area contributed by atoms with E-state index in [1.54, 1.807) is 0 Å². The molecule has 15 heavy (non-hydrogen) atoms. The van der Waals surface area contributed by atoms with E-state index in [0.29, 0.717) is 5.56 Å². The minimum Gasteiger partial charge on any atom is -0.507 e. The molecule has 0 aliphatic heterocycles. The minimum atomic E-state index is -0.821. The first kappa shape index (κ1) is 10.2. The van der Waals surface area contributed by atoms with Gasteiger partial charge in [0.25, 0.3) is 0 Å². The van der Waals surface area contributed by atoms with Crippen LogP contribution < -0.4 is 5.73 Å². The van der Waals surface area contributed by atoms with Crippen LogP contribution in [0.25, 0.3) is 0 Å². The van der Waals surface area contributed by atoms with Gasteiger partial charge in [0.2, 0.25) is 0 Å². The smallest absolute Gasteiger partial charge is 0.168 e. The molecule has 1 saturated carbocycles. The van der Waals surface area contributed by atoms with Crippen LogP contribution in [0.1, 0.15) is 31.2 Å². The van der Waals surface area contributed by atoms with Gasteiger partial charge >= 0.3 is 0 Å². The summed E-state index contributed by atoms with van der Waals surface area (Å²) in [4.78, 5) is 0. The summed E-state index contributed by atoms with van der Waals surface area (Å²) < 4.78 is 12.9. The Balaban J connectivity index is 2.48. The van der Waals surface area contributed by atoms with E-state index in [1.807, 2.05) is 0 Å². The number of phenols is 2. The SMILES string of the molecule is NC1(c2cc(O)c(F)cc2O)CCCC1. The van der Waals surface area contributed by atoms with Crippen LogP contribution in [-0.4, -0.2) is 10.2 Å². The number of nitrogens with two attached hydrogens (primary N) is 1. The highest BCUT2D eigenvalue weighted by Crippen LogP contribution is 2.42. The van der Waals surface area contributed by atoms with Gasteiger partial charge in [0.15, 0.2) is 11.6 Å². The summed E-state index contributed by atoms with van der Waals surface area (Å²) in [5, 5.41) is 18.9. The zero-order valence-corrected chi connectivity index (χ0v) is 8.33. The molecule has 0 atom stereocenters. The first-order valence-electron chi connectivity index (χ1n) is 5.04. The van der Waals surface area contributed by atoms with Gasteiger partial charge in [0.1, 0.15) is 5.75 Å². The molecule has 82 valence electrons. The molecule has 4 heteroatoms. The summed E-state index contributed by atoms with van der Waals surface area (Å²) in [7, 11) is 0. The summed E-state index contributed by atoms with van der Waals surface area (Å²) >= 11 is 0. The van der Waals surface area contributed by atoms with Gasteiger partial charge in [0.05, 0.1) is 0 Å². The van der Waals surface area contributed by atoms with Crippen molar-refractivity contribution in [3.05, 3.63) is 23.5 Å². The number of halogens is 1. The Hall–Kier alpha value is -1.29. The first-order valence-corrected chi connectivity index (χ1v) is 5.04. The molecule has 0 bridgehead atoms. The Morgan fingerprint density at radius 1 is 1.13 bits per heavy atom. The topological polar surface area (TPSA) is 66.5 Å². The molecular formula is C11H14FNO2. The molecular weight excluding hydrogens is 197 g/mol. The highest BCUT2D eigenvalue weighted by atomic mass is 19.1. The van der Waals surface area contributed by atoms with Crippen LogP contribution in [0.4, 0.5) is 4.39 Å². The Bertz CT molecular complexity index is 386. The zero-order valence-electron chi connectivity index (χ0n) is 8.33. The van der Waals surface area contributed by atoms with Crippen LogP contribution in [0.5, 0.6) is 11.5 Å². The summed E-state index contributed by atoms with van der Waals surface area (Å²) in [5.41, 5.74) is 5.93. The number of hydrogen-bond donors (Lipinski definition) is 3. The molecule has 1 aromatic carbocycles. The lowest BCUT2D eigenvalue weighted by Crippen LogP contribution is -2.33. The van der Waals surface area contributed by atoms with Crippen molar-refractivity contribution in [2.75, 3.05) is 0 Å². The molecule has 0 aromatic heterocycles. The molecule has 3 nitrogen and oxygen atoms in total. The van der Waals surface area contributed by atoms with Crippen molar-refractivity contribution in [1.29, 1.82) is 0 Å². The second-order valence-corrected chi connectivity index (χ2v) is 4.18. The fourth-order valence-corrected chi connectivity index (χ4v) is 2.23. The molecule has 2 rings (SSSR count). The standard InChI is InChI=1S/C11H14FNO2/c12-8-6-9(14)7(5-10(8)15)11(13)3-1-2-4-11/h5-6,14-15H,1-4,13H2. The van der Waals surface area contributed by atoms with Crippen LogP contribution in [0.15, 0.2) is 12.1 Å². The first-order chi connectivity index (χ1) is 7.03. The van der Waals surface area contributed by atoms with Crippen molar-refractivity contribution >= 4 is 0 Å². The van der Waals surface area contributed by atoms with E-state index in [0.717, 1.165) is 31.7 Å². The van der Waals surface area contributed by atoms with E-state index < -0.39 is 17.1 Å². The Morgan fingerprint density at radius 3 is 2.33 bits per heavy atom. The summed E-state index contributed by atoms with van der Waals surface area (Å²) in [6.07, 6.45) is 3.50. The second kappa shape index (κ2) is 3.38. The van der Waals surface area contributed by atoms with Gasteiger partial charge in [-0.1, -0.05) is 12.8 Å². The third-order valence-electron chi connectivity index (χ3n) is 3.10. The molecule has 1 fully saturated rings. The van der Waals surface area contributed by atoms with Crippen molar-refractivity contribution in [3.8, 4) is 11.5 Å². The molecule has 4 N–H and O–H groups in total. The summed E-state index contributed by atoms with van der Waals surface area (Å²) in [5.74, 6) is -1.45. The highest BCUT2D eigenvalue weighted by Gasteiger charge is 2.34. The van der Waals surface area contributed by atoms with Crippen molar-refractivity contribution in [3.63, 3.8) is 0 Å². The second-order valence-electron chi connectivity index (χ2n) is 4.18. The Labute approximate surface area is 87.3 Å². The van der Waals surface area contributed by atoms with Crippen molar-refractivity contribution in [2.45, 2.75) is 31.2 Å². The molecule has 1 aliphatic carbocycles. The van der Waals surface area contributed by atoms with Gasteiger partial charge in [-0.2, -0.15) is 0 Å². The molecule has 0 spiro atoms. The van der Waals surface area contributed by atoms with Gasteiger partial charge in [-0.3, -0.25) is 0 Å². The average molecular weight is 211 g/mol. The lowest BCUT2D eigenvalue weighted by molar-refractivity contribution is 0.388. The van der Waals surface area contributed by atoms with E-state index in [9.17, 15) is 14.6 Å². The molecule has 0 radical (unpaired) electrons. The minimum absolute atomic E-state index is 0.172. The van der Waals surface area contributed by atoms with E-state index in [2.05, 4.69) is 0 Å². The third-order valence-corrected chi connectivity index (χ3v) is 3.10. The van der Waals surface area contributed by atoms with Gasteiger partial charge in [-0.15, -0.1) is 0 Å². The average Bonchev–Trinajstić information content (AvgIpc) is 2.60. The van der Waals surface area contributed by atoms with Crippen molar-refractivity contribution in [2.24, 2.45) is 5.73 Å². The summed E-state index contributed by atoms with van der Waals surface area (Å²) in [6.45, 7) is 0. The highest BCUT2D eigenvalue weighted by molar-refractivity contribution is 5.44. The predicted molar refractivity (Wildman–Crippen MR) is 54.1 cm³/mol. The van der Waals surface area contributed by atoms with Gasteiger partial charge in [-0.25, -0.2) is 4.39 Å². The molecule has 0 amide bonds. The number of hydrogen-bond acceptors (Lipinski definition) is 3. The molecule has 0 heterocycles. The Morgan fingerprint density at radius 2 is 1.73 bits per heavy atom. The van der Waals surface area contributed by atoms with Crippen LogP contribution >= 0.6 is 0 Å². The van der Waals surface area contributed by atoms with E-state index in [4.69, 9.17) is 5.73 Å². The van der Waals surface area contributed by atoms with Crippen LogP contribution in [0.2, 0.25) is 0 Å².